The third-order valence-electron chi connectivity index (χ3n) is 1.69. The first-order chi connectivity index (χ1) is 7.22. The lowest BCUT2D eigenvalue weighted by molar-refractivity contribution is -0.110. The first-order valence-corrected chi connectivity index (χ1v) is 4.83. The minimum absolute atomic E-state index is 0.127. The molecule has 0 bridgehead atoms. The molecule has 15 heavy (non-hydrogen) atoms. The standard InChI is InChI=1S/C10H12ClNO3/c11-8-1-3-10(4-2-8)15-6-9(14)5-12-7-13/h1-4,7,9,14H,5-6H2,(H,12,13). The predicted octanol–water partition coefficient (Wildman–Crippen LogP) is 0.826. The molecule has 0 spiro atoms. The van der Waals surface area contributed by atoms with Gasteiger partial charge in [-0.2, -0.15) is 0 Å². The molecule has 0 aromatic heterocycles. The zero-order valence-corrected chi connectivity index (χ0v) is 8.78. The summed E-state index contributed by atoms with van der Waals surface area (Å²) in [5, 5.41) is 12.3. The number of ether oxygens (including phenoxy) is 1. The van der Waals surface area contributed by atoms with Gasteiger partial charge in [0, 0.05) is 11.6 Å². The van der Waals surface area contributed by atoms with Gasteiger partial charge in [-0.05, 0) is 24.3 Å². The Kier molecular flexibility index (Phi) is 4.93. The fraction of sp³-hybridized carbons (Fsp3) is 0.300. The largest absolute Gasteiger partial charge is 0.491 e. The van der Waals surface area contributed by atoms with Gasteiger partial charge < -0.3 is 15.2 Å². The Hall–Kier alpha value is -1.26. The van der Waals surface area contributed by atoms with E-state index in [9.17, 15) is 9.90 Å². The summed E-state index contributed by atoms with van der Waals surface area (Å²) in [6, 6.07) is 6.82. The fourth-order valence-corrected chi connectivity index (χ4v) is 1.09. The third-order valence-corrected chi connectivity index (χ3v) is 1.94. The molecule has 0 aliphatic heterocycles. The molecular formula is C10H12ClNO3. The molecule has 0 saturated heterocycles. The van der Waals surface area contributed by atoms with Crippen LogP contribution in [0, 0.1) is 0 Å². The predicted molar refractivity (Wildman–Crippen MR) is 57.0 cm³/mol. The Morgan fingerprint density at radius 3 is 2.73 bits per heavy atom. The van der Waals surface area contributed by atoms with Crippen LogP contribution in [-0.2, 0) is 4.79 Å². The maximum absolute atomic E-state index is 9.94. The van der Waals surface area contributed by atoms with E-state index in [4.69, 9.17) is 16.3 Å². The normalized spacial score (nSPS) is 11.9. The van der Waals surface area contributed by atoms with Crippen molar-refractivity contribution in [2.24, 2.45) is 0 Å². The highest BCUT2D eigenvalue weighted by Gasteiger charge is 2.03. The van der Waals surface area contributed by atoms with Gasteiger partial charge in [-0.15, -0.1) is 0 Å². The number of aliphatic hydroxyl groups is 1. The molecule has 4 nitrogen and oxygen atoms in total. The highest BCUT2D eigenvalue weighted by atomic mass is 35.5. The molecule has 0 saturated carbocycles. The van der Waals surface area contributed by atoms with Crippen molar-refractivity contribution in [1.82, 2.24) is 5.32 Å². The lowest BCUT2D eigenvalue weighted by Gasteiger charge is -2.11. The topological polar surface area (TPSA) is 58.6 Å². The molecule has 1 aromatic carbocycles. The van der Waals surface area contributed by atoms with Crippen molar-refractivity contribution in [3.05, 3.63) is 29.3 Å². The van der Waals surface area contributed by atoms with Crippen LogP contribution in [0.3, 0.4) is 0 Å². The summed E-state index contributed by atoms with van der Waals surface area (Å²) in [5.74, 6) is 0.629. The van der Waals surface area contributed by atoms with Crippen LogP contribution < -0.4 is 10.1 Å². The number of nitrogens with one attached hydrogen (secondary N) is 1. The highest BCUT2D eigenvalue weighted by molar-refractivity contribution is 6.30. The second kappa shape index (κ2) is 6.27. The van der Waals surface area contributed by atoms with E-state index < -0.39 is 6.10 Å². The van der Waals surface area contributed by atoms with Crippen molar-refractivity contribution in [3.8, 4) is 5.75 Å². The lowest BCUT2D eigenvalue weighted by Crippen LogP contribution is -2.30. The Balaban J connectivity index is 2.30. The Labute approximate surface area is 92.8 Å². The first kappa shape index (κ1) is 11.8. The van der Waals surface area contributed by atoms with Crippen LogP contribution in [0.25, 0.3) is 0 Å². The molecule has 0 aliphatic carbocycles. The van der Waals surface area contributed by atoms with Gasteiger partial charge in [0.1, 0.15) is 18.5 Å². The van der Waals surface area contributed by atoms with E-state index in [0.29, 0.717) is 17.2 Å². The average molecular weight is 230 g/mol. The van der Waals surface area contributed by atoms with E-state index >= 15 is 0 Å². The molecule has 0 aliphatic rings. The molecule has 2 N–H and O–H groups in total. The van der Waals surface area contributed by atoms with Crippen LogP contribution in [0.2, 0.25) is 5.02 Å². The number of amides is 1. The van der Waals surface area contributed by atoms with E-state index in [0.717, 1.165) is 0 Å². The van der Waals surface area contributed by atoms with Gasteiger partial charge in [0.15, 0.2) is 0 Å². The molecular weight excluding hydrogens is 218 g/mol. The zero-order chi connectivity index (χ0) is 11.1. The van der Waals surface area contributed by atoms with Crippen LogP contribution in [0.4, 0.5) is 0 Å². The number of aliphatic hydroxyl groups excluding tert-OH is 1. The van der Waals surface area contributed by atoms with Crippen molar-refractivity contribution in [3.63, 3.8) is 0 Å². The molecule has 1 atom stereocenters. The van der Waals surface area contributed by atoms with E-state index in [-0.39, 0.29) is 13.2 Å². The summed E-state index contributed by atoms with van der Waals surface area (Å²) in [4.78, 5) is 9.94. The van der Waals surface area contributed by atoms with Gasteiger partial charge in [-0.1, -0.05) is 11.6 Å². The van der Waals surface area contributed by atoms with Crippen LogP contribution in [0.5, 0.6) is 5.75 Å². The summed E-state index contributed by atoms with van der Waals surface area (Å²) in [6.07, 6.45) is -0.184. The summed E-state index contributed by atoms with van der Waals surface area (Å²) < 4.78 is 5.26. The summed E-state index contributed by atoms with van der Waals surface area (Å²) in [7, 11) is 0. The molecule has 0 fully saturated rings. The van der Waals surface area contributed by atoms with E-state index in [2.05, 4.69) is 5.32 Å². The van der Waals surface area contributed by atoms with Gasteiger partial charge in [-0.25, -0.2) is 0 Å². The monoisotopic (exact) mass is 229 g/mol. The molecule has 1 amide bonds. The first-order valence-electron chi connectivity index (χ1n) is 4.46. The van der Waals surface area contributed by atoms with Crippen LogP contribution >= 0.6 is 11.6 Å². The van der Waals surface area contributed by atoms with Crippen molar-refractivity contribution in [2.75, 3.05) is 13.2 Å². The molecule has 0 heterocycles. The van der Waals surface area contributed by atoms with Gasteiger partial charge in [0.05, 0.1) is 0 Å². The summed E-state index contributed by atoms with van der Waals surface area (Å²) >= 11 is 5.69. The maximum Gasteiger partial charge on any atom is 0.207 e. The van der Waals surface area contributed by atoms with E-state index in [1.165, 1.54) is 0 Å². The van der Waals surface area contributed by atoms with Crippen LogP contribution in [0.15, 0.2) is 24.3 Å². The molecule has 5 heteroatoms. The average Bonchev–Trinajstić information content (AvgIpc) is 2.25. The van der Waals surface area contributed by atoms with Crippen molar-refractivity contribution >= 4 is 18.0 Å². The molecule has 1 rings (SSSR count). The molecule has 82 valence electrons. The number of benzene rings is 1. The van der Waals surface area contributed by atoms with Gasteiger partial charge in [0.25, 0.3) is 0 Å². The Bertz CT molecular complexity index is 302. The minimum Gasteiger partial charge on any atom is -0.491 e. The molecule has 1 aromatic rings. The highest BCUT2D eigenvalue weighted by Crippen LogP contribution is 2.15. The quantitative estimate of drug-likeness (QED) is 0.711. The number of carbonyl (C=O) groups excluding carboxylic acids is 1. The van der Waals surface area contributed by atoms with E-state index in [1.807, 2.05) is 0 Å². The zero-order valence-electron chi connectivity index (χ0n) is 8.02. The van der Waals surface area contributed by atoms with Gasteiger partial charge in [0.2, 0.25) is 6.41 Å². The number of hydrogen-bond donors (Lipinski definition) is 2. The van der Waals surface area contributed by atoms with Crippen LogP contribution in [0.1, 0.15) is 0 Å². The molecule has 1 unspecified atom stereocenters. The molecule has 0 radical (unpaired) electrons. The fourth-order valence-electron chi connectivity index (χ4n) is 0.966. The van der Waals surface area contributed by atoms with Crippen LogP contribution in [-0.4, -0.2) is 30.8 Å². The third kappa shape index (κ3) is 4.67. The second-order valence-electron chi connectivity index (χ2n) is 2.94. The smallest absolute Gasteiger partial charge is 0.207 e. The minimum atomic E-state index is -0.717. The Morgan fingerprint density at radius 1 is 1.47 bits per heavy atom. The van der Waals surface area contributed by atoms with Gasteiger partial charge in [-0.3, -0.25) is 4.79 Å². The number of carbonyl (C=O) groups is 1. The van der Waals surface area contributed by atoms with Crippen molar-refractivity contribution in [2.45, 2.75) is 6.10 Å². The number of rotatable bonds is 6. The Morgan fingerprint density at radius 2 is 2.13 bits per heavy atom. The number of halogens is 1. The summed E-state index contributed by atoms with van der Waals surface area (Å²) in [5.41, 5.74) is 0. The summed E-state index contributed by atoms with van der Waals surface area (Å²) in [6.45, 7) is 0.305. The SMILES string of the molecule is O=CNCC(O)COc1ccc(Cl)cc1. The van der Waals surface area contributed by atoms with Crippen molar-refractivity contribution in [1.29, 1.82) is 0 Å². The second-order valence-corrected chi connectivity index (χ2v) is 3.38. The van der Waals surface area contributed by atoms with Crippen molar-refractivity contribution < 1.29 is 14.6 Å². The maximum atomic E-state index is 9.94. The lowest BCUT2D eigenvalue weighted by atomic mass is 10.3. The van der Waals surface area contributed by atoms with E-state index in [1.54, 1.807) is 24.3 Å². The van der Waals surface area contributed by atoms with Gasteiger partial charge >= 0.3 is 0 Å². The number of hydrogen-bond acceptors (Lipinski definition) is 3.